The first-order chi connectivity index (χ1) is 11.8. The van der Waals surface area contributed by atoms with Gasteiger partial charge < -0.3 is 9.73 Å². The highest BCUT2D eigenvalue weighted by Crippen LogP contribution is 2.26. The second-order valence-electron chi connectivity index (χ2n) is 5.04. The van der Waals surface area contributed by atoms with Gasteiger partial charge in [-0.25, -0.2) is 4.79 Å². The maximum absolute atomic E-state index is 12.2. The predicted octanol–water partition coefficient (Wildman–Crippen LogP) is 3.67. The van der Waals surface area contributed by atoms with Crippen LogP contribution in [0.15, 0.2) is 54.6 Å². The fraction of sp³-hybridized carbons (Fsp3) is 0.0667. The summed E-state index contributed by atoms with van der Waals surface area (Å²) >= 11 is 6.65. The van der Waals surface area contributed by atoms with E-state index in [-0.39, 0.29) is 17.8 Å². The Bertz CT molecular complexity index is 1060. The number of aromatic nitrogens is 1. The van der Waals surface area contributed by atoms with Gasteiger partial charge in [0.25, 0.3) is 5.69 Å². The van der Waals surface area contributed by atoms with Crippen molar-refractivity contribution in [2.75, 3.05) is 5.32 Å². The maximum Gasteiger partial charge on any atom is 0.420 e. The van der Waals surface area contributed by atoms with E-state index < -0.39 is 16.6 Å². The molecule has 0 saturated heterocycles. The quantitative estimate of drug-likeness (QED) is 0.462. The summed E-state index contributed by atoms with van der Waals surface area (Å²) in [4.78, 5) is 34.4. The average molecular weight is 471 g/mol. The van der Waals surface area contributed by atoms with Crippen molar-refractivity contribution in [1.82, 2.24) is 4.57 Å². The Labute approximate surface area is 156 Å². The average Bonchev–Trinajstić information content (AvgIpc) is 2.85. The number of amides is 1. The number of nitro groups is 1. The molecular weight excluding hydrogens is 462 g/mol. The van der Waals surface area contributed by atoms with Gasteiger partial charge in [0, 0.05) is 15.0 Å². The van der Waals surface area contributed by atoms with Crippen LogP contribution in [0.2, 0.25) is 0 Å². The summed E-state index contributed by atoms with van der Waals surface area (Å²) in [5.74, 6) is -1.20. The summed E-state index contributed by atoms with van der Waals surface area (Å²) in [7, 11) is 0. The Morgan fingerprint density at radius 1 is 1.24 bits per heavy atom. The highest BCUT2D eigenvalue weighted by Gasteiger charge is 2.16. The largest absolute Gasteiger partial charge is 0.420 e. The molecule has 0 aliphatic heterocycles. The zero-order chi connectivity index (χ0) is 18.1. The lowest BCUT2D eigenvalue weighted by molar-refractivity contribution is -0.384. The first-order valence-electron chi connectivity index (χ1n) is 6.88. The van der Waals surface area contributed by atoms with Gasteiger partial charge in [-0.1, -0.05) is 15.9 Å². The molecule has 1 amide bonds. The highest BCUT2D eigenvalue weighted by molar-refractivity contribution is 9.11. The van der Waals surface area contributed by atoms with Crippen LogP contribution in [-0.4, -0.2) is 15.4 Å². The van der Waals surface area contributed by atoms with Crippen LogP contribution in [-0.2, 0) is 11.3 Å². The van der Waals surface area contributed by atoms with Crippen LogP contribution in [0.5, 0.6) is 0 Å². The van der Waals surface area contributed by atoms with E-state index in [1.54, 1.807) is 18.2 Å². The summed E-state index contributed by atoms with van der Waals surface area (Å²) < 4.78 is 7.62. The molecule has 128 valence electrons. The van der Waals surface area contributed by atoms with Gasteiger partial charge in [0.15, 0.2) is 5.58 Å². The summed E-state index contributed by atoms with van der Waals surface area (Å²) in [5.41, 5.74) is 0.707. The van der Waals surface area contributed by atoms with Crippen molar-refractivity contribution in [3.05, 3.63) is 66.0 Å². The molecule has 0 aliphatic rings. The van der Waals surface area contributed by atoms with E-state index in [1.807, 2.05) is 0 Å². The van der Waals surface area contributed by atoms with Crippen LogP contribution >= 0.6 is 31.9 Å². The zero-order valence-corrected chi connectivity index (χ0v) is 15.5. The van der Waals surface area contributed by atoms with Gasteiger partial charge >= 0.3 is 5.76 Å². The molecule has 3 rings (SSSR count). The molecule has 0 atom stereocenters. The molecule has 0 fully saturated rings. The second-order valence-corrected chi connectivity index (χ2v) is 6.81. The first-order valence-corrected chi connectivity index (χ1v) is 8.46. The van der Waals surface area contributed by atoms with Crippen LogP contribution in [0.25, 0.3) is 11.1 Å². The molecule has 1 heterocycles. The molecule has 0 radical (unpaired) electrons. The number of rotatable bonds is 4. The lowest BCUT2D eigenvalue weighted by atomic mass is 10.3. The lowest BCUT2D eigenvalue weighted by Gasteiger charge is -2.08. The number of carbonyl (C=O) groups is 1. The van der Waals surface area contributed by atoms with Crippen LogP contribution in [0.1, 0.15) is 0 Å². The van der Waals surface area contributed by atoms with E-state index in [4.69, 9.17) is 4.42 Å². The predicted molar refractivity (Wildman–Crippen MR) is 97.6 cm³/mol. The third kappa shape index (κ3) is 3.64. The molecule has 1 aromatic heterocycles. The van der Waals surface area contributed by atoms with Crippen molar-refractivity contribution < 1.29 is 14.1 Å². The summed E-state index contributed by atoms with van der Waals surface area (Å²) in [6, 6.07) is 9.01. The van der Waals surface area contributed by atoms with Crippen molar-refractivity contribution in [1.29, 1.82) is 0 Å². The lowest BCUT2D eigenvalue weighted by Crippen LogP contribution is -2.24. The number of hydrogen-bond donors (Lipinski definition) is 1. The van der Waals surface area contributed by atoms with Gasteiger partial charge in [-0.3, -0.25) is 19.5 Å². The number of carbonyl (C=O) groups excluding carboxylic acids is 1. The number of benzene rings is 2. The van der Waals surface area contributed by atoms with Gasteiger partial charge in [0.05, 0.1) is 22.2 Å². The van der Waals surface area contributed by atoms with E-state index in [2.05, 4.69) is 37.2 Å². The highest BCUT2D eigenvalue weighted by atomic mass is 79.9. The number of anilines is 1. The molecule has 8 nitrogen and oxygen atoms in total. The minimum atomic E-state index is -0.763. The van der Waals surface area contributed by atoms with Gasteiger partial charge in [-0.05, 0) is 40.2 Å². The van der Waals surface area contributed by atoms with Crippen molar-refractivity contribution in [2.45, 2.75) is 6.54 Å². The van der Waals surface area contributed by atoms with Crippen LogP contribution in [0, 0.1) is 10.1 Å². The smallest absolute Gasteiger partial charge is 0.407 e. The Morgan fingerprint density at radius 2 is 2.00 bits per heavy atom. The molecule has 1 N–H and O–H groups in total. The van der Waals surface area contributed by atoms with E-state index >= 15 is 0 Å². The number of non-ortho nitro benzene ring substituents is 1. The summed E-state index contributed by atoms with van der Waals surface area (Å²) in [5, 5.41) is 13.5. The van der Waals surface area contributed by atoms with Crippen molar-refractivity contribution in [3.8, 4) is 0 Å². The number of hydrogen-bond acceptors (Lipinski definition) is 5. The van der Waals surface area contributed by atoms with Gasteiger partial charge in [0.2, 0.25) is 5.91 Å². The van der Waals surface area contributed by atoms with E-state index in [0.29, 0.717) is 15.7 Å². The van der Waals surface area contributed by atoms with Crippen LogP contribution in [0.3, 0.4) is 0 Å². The van der Waals surface area contributed by atoms with Gasteiger partial charge in [-0.15, -0.1) is 0 Å². The number of nitro benzene ring substituents is 1. The number of nitrogens with one attached hydrogen (secondary N) is 1. The van der Waals surface area contributed by atoms with E-state index in [1.165, 1.54) is 12.1 Å². The monoisotopic (exact) mass is 469 g/mol. The normalized spacial score (nSPS) is 10.8. The molecule has 10 heteroatoms. The number of halogens is 2. The Morgan fingerprint density at radius 3 is 2.68 bits per heavy atom. The molecule has 3 aromatic rings. The topological polar surface area (TPSA) is 107 Å². The first kappa shape index (κ1) is 17.4. The van der Waals surface area contributed by atoms with E-state index in [9.17, 15) is 19.7 Å². The van der Waals surface area contributed by atoms with Gasteiger partial charge in [-0.2, -0.15) is 0 Å². The molecule has 0 aliphatic carbocycles. The second kappa shape index (κ2) is 6.81. The number of oxazole rings is 1. The molecule has 2 aromatic carbocycles. The van der Waals surface area contributed by atoms with Crippen molar-refractivity contribution >= 4 is 60.2 Å². The zero-order valence-electron chi connectivity index (χ0n) is 12.4. The number of nitrogens with zero attached hydrogens (tertiary/aromatic N) is 2. The van der Waals surface area contributed by atoms with Crippen molar-refractivity contribution in [3.63, 3.8) is 0 Å². The Hall–Kier alpha value is -2.46. The molecular formula is C15H9Br2N3O5. The fourth-order valence-electron chi connectivity index (χ4n) is 2.24. The Kier molecular flexibility index (Phi) is 4.73. The minimum absolute atomic E-state index is 0.0526. The third-order valence-corrected chi connectivity index (χ3v) is 4.52. The Balaban J connectivity index is 1.87. The fourth-order valence-corrected chi connectivity index (χ4v) is 3.39. The standard InChI is InChI=1S/C15H9Br2N3O5/c16-8-1-3-11(10(17)5-8)18-14(21)7-19-12-4-2-9(20(23)24)6-13(12)25-15(19)22/h1-6H,7H2,(H,18,21). The summed E-state index contributed by atoms with van der Waals surface area (Å²) in [6.07, 6.45) is 0. The molecule has 0 spiro atoms. The SMILES string of the molecule is O=C(Cn1c(=O)oc2cc([N+](=O)[O-])ccc21)Nc1ccc(Br)cc1Br. The van der Waals surface area contributed by atoms with E-state index in [0.717, 1.165) is 15.1 Å². The van der Waals surface area contributed by atoms with Crippen LogP contribution in [0.4, 0.5) is 11.4 Å². The molecule has 0 unspecified atom stereocenters. The van der Waals surface area contributed by atoms with Gasteiger partial charge in [0.1, 0.15) is 6.54 Å². The molecule has 0 bridgehead atoms. The maximum atomic E-state index is 12.2. The minimum Gasteiger partial charge on any atom is -0.407 e. The molecule has 25 heavy (non-hydrogen) atoms. The number of fused-ring (bicyclic) bond motifs is 1. The molecule has 0 saturated carbocycles. The van der Waals surface area contributed by atoms with Crippen molar-refractivity contribution in [2.24, 2.45) is 0 Å². The summed E-state index contributed by atoms with van der Waals surface area (Å²) in [6.45, 7) is -0.286. The van der Waals surface area contributed by atoms with Crippen LogP contribution < -0.4 is 11.1 Å². The third-order valence-electron chi connectivity index (χ3n) is 3.37.